The number of nitrogens with zero attached hydrogens (tertiary/aromatic N) is 1. The molecule has 0 saturated heterocycles. The number of fused-ring (bicyclic) bond motifs is 1. The fourth-order valence-electron chi connectivity index (χ4n) is 1.75. The number of pyridine rings is 1. The first-order chi connectivity index (χ1) is 10.6. The van der Waals surface area contributed by atoms with Crippen LogP contribution in [0.1, 0.15) is 15.9 Å². The van der Waals surface area contributed by atoms with Gasteiger partial charge in [0.1, 0.15) is 5.75 Å². The molecule has 0 unspecified atom stereocenters. The molecule has 2 heterocycles. The summed E-state index contributed by atoms with van der Waals surface area (Å²) in [5.74, 6) is -0.360. The smallest absolute Gasteiger partial charge is 0.337 e. The average Bonchev–Trinajstić information content (AvgIpc) is 2.55. The van der Waals surface area contributed by atoms with E-state index in [-0.39, 0.29) is 18.1 Å². The maximum absolute atomic E-state index is 11.0. The summed E-state index contributed by atoms with van der Waals surface area (Å²) in [6, 6.07) is 8.61. The number of aromatic nitrogens is 1. The van der Waals surface area contributed by atoms with Crippen LogP contribution in [0, 0.1) is 0 Å². The molecular weight excluding hydrogens is 286 g/mol. The van der Waals surface area contributed by atoms with Gasteiger partial charge >= 0.3 is 5.97 Å². The Morgan fingerprint density at radius 1 is 1.41 bits per heavy atom. The second-order valence-corrected chi connectivity index (χ2v) is 4.42. The van der Waals surface area contributed by atoms with Crippen LogP contribution in [0.25, 0.3) is 0 Å². The van der Waals surface area contributed by atoms with E-state index in [0.29, 0.717) is 18.0 Å². The summed E-state index contributed by atoms with van der Waals surface area (Å²) >= 11 is 0. The summed E-state index contributed by atoms with van der Waals surface area (Å²) in [7, 11) is 0. The first kappa shape index (κ1) is 15.5. The van der Waals surface area contributed by atoms with Gasteiger partial charge in [-0.2, -0.15) is 0 Å². The van der Waals surface area contributed by atoms with Crippen LogP contribution < -0.4 is 15.8 Å². The molecule has 0 bridgehead atoms. The number of benzene rings is 1. The predicted octanol–water partition coefficient (Wildman–Crippen LogP) is 1.26. The van der Waals surface area contributed by atoms with Gasteiger partial charge in [0.15, 0.2) is 6.61 Å². The molecule has 7 heteroatoms. The monoisotopic (exact) mass is 301 g/mol. The van der Waals surface area contributed by atoms with E-state index in [1.165, 1.54) is 18.5 Å². The Morgan fingerprint density at radius 2 is 2.23 bits per heavy atom. The molecule has 7 nitrogen and oxygen atoms in total. The number of ether oxygens (including phenoxy) is 1. The number of hydrogen-bond donors (Lipinski definition) is 3. The maximum atomic E-state index is 11.0. The normalized spacial score (nSPS) is 12.1. The van der Waals surface area contributed by atoms with E-state index in [2.05, 4.69) is 10.3 Å². The lowest BCUT2D eigenvalue weighted by atomic mass is 10.1. The van der Waals surface area contributed by atoms with Gasteiger partial charge in [0, 0.05) is 18.9 Å². The number of carbonyl (C=O) groups is 2. The Morgan fingerprint density at radius 3 is 2.82 bits per heavy atom. The lowest BCUT2D eigenvalue weighted by Gasteiger charge is -2.18. The minimum atomic E-state index is -0.942. The molecule has 2 aromatic rings. The third kappa shape index (κ3) is 4.03. The number of anilines is 1. The van der Waals surface area contributed by atoms with Crippen molar-refractivity contribution in [2.75, 3.05) is 11.9 Å². The summed E-state index contributed by atoms with van der Waals surface area (Å²) < 4.78 is 5.18. The topological polar surface area (TPSA) is 115 Å². The summed E-state index contributed by atoms with van der Waals surface area (Å²) in [5, 5.41) is 11.1. The van der Waals surface area contributed by atoms with Gasteiger partial charge in [0.2, 0.25) is 0 Å². The van der Waals surface area contributed by atoms with E-state index in [1.54, 1.807) is 6.07 Å². The molecule has 1 aliphatic rings. The Bertz CT molecular complexity index is 674. The van der Waals surface area contributed by atoms with Crippen molar-refractivity contribution in [1.29, 1.82) is 0 Å². The van der Waals surface area contributed by atoms with Crippen LogP contribution in [0.5, 0.6) is 5.75 Å². The quantitative estimate of drug-likeness (QED) is 0.769. The van der Waals surface area contributed by atoms with Gasteiger partial charge in [-0.1, -0.05) is 6.07 Å². The van der Waals surface area contributed by atoms with Crippen LogP contribution in [0.2, 0.25) is 0 Å². The molecule has 1 aromatic heterocycles. The van der Waals surface area contributed by atoms with Crippen molar-refractivity contribution < 1.29 is 19.4 Å². The SMILES string of the molecule is NCc1ccc2c(c1)NC(=O)CO2.O=C(O)c1cccnc1. The van der Waals surface area contributed by atoms with Crippen molar-refractivity contribution >= 4 is 17.6 Å². The lowest BCUT2D eigenvalue weighted by Crippen LogP contribution is -2.25. The number of nitrogens with two attached hydrogens (primary N) is 1. The molecule has 3 rings (SSSR count). The number of aromatic carboxylic acids is 1. The van der Waals surface area contributed by atoms with E-state index in [1.807, 2.05) is 18.2 Å². The first-order valence-electron chi connectivity index (χ1n) is 6.49. The number of hydrogen-bond acceptors (Lipinski definition) is 5. The van der Waals surface area contributed by atoms with Gasteiger partial charge in [-0.15, -0.1) is 0 Å². The van der Waals surface area contributed by atoms with Gasteiger partial charge in [-0.05, 0) is 29.8 Å². The van der Waals surface area contributed by atoms with Crippen LogP contribution >= 0.6 is 0 Å². The summed E-state index contributed by atoms with van der Waals surface area (Å²) in [5.41, 5.74) is 7.37. The second-order valence-electron chi connectivity index (χ2n) is 4.42. The Hall–Kier alpha value is -2.93. The zero-order valence-corrected chi connectivity index (χ0v) is 11.7. The summed E-state index contributed by atoms with van der Waals surface area (Å²) in [4.78, 5) is 24.7. The highest BCUT2D eigenvalue weighted by atomic mass is 16.5. The Balaban J connectivity index is 0.000000172. The van der Waals surface area contributed by atoms with Crippen LogP contribution in [-0.2, 0) is 11.3 Å². The number of carboxylic acids is 1. The maximum Gasteiger partial charge on any atom is 0.337 e. The fraction of sp³-hybridized carbons (Fsp3) is 0.133. The van der Waals surface area contributed by atoms with E-state index < -0.39 is 5.97 Å². The van der Waals surface area contributed by atoms with E-state index in [9.17, 15) is 9.59 Å². The molecule has 0 spiro atoms. The Kier molecular flexibility index (Phi) is 5.05. The van der Waals surface area contributed by atoms with Gasteiger partial charge in [-0.3, -0.25) is 9.78 Å². The third-order valence-electron chi connectivity index (χ3n) is 2.82. The lowest BCUT2D eigenvalue weighted by molar-refractivity contribution is -0.118. The average molecular weight is 301 g/mol. The molecule has 0 atom stereocenters. The molecule has 22 heavy (non-hydrogen) atoms. The number of carbonyl (C=O) groups excluding carboxylic acids is 1. The molecule has 0 aliphatic carbocycles. The van der Waals surface area contributed by atoms with E-state index in [0.717, 1.165) is 5.56 Å². The number of nitrogens with one attached hydrogen (secondary N) is 1. The molecule has 114 valence electrons. The highest BCUT2D eigenvalue weighted by molar-refractivity contribution is 5.95. The standard InChI is InChI=1S/C9H10N2O2.C6H5NO2/c10-4-6-1-2-8-7(3-6)11-9(12)5-13-8;8-6(9)5-2-1-3-7-4-5/h1-3H,4-5,10H2,(H,11,12);1-4H,(H,8,9). The van der Waals surface area contributed by atoms with Crippen molar-refractivity contribution in [3.8, 4) is 5.75 Å². The molecule has 0 saturated carbocycles. The zero-order chi connectivity index (χ0) is 15.9. The van der Waals surface area contributed by atoms with Gasteiger partial charge in [-0.25, -0.2) is 4.79 Å². The first-order valence-corrected chi connectivity index (χ1v) is 6.49. The number of carboxylic acid groups (broad SMARTS) is 1. The largest absolute Gasteiger partial charge is 0.482 e. The highest BCUT2D eigenvalue weighted by Gasteiger charge is 2.15. The van der Waals surface area contributed by atoms with Crippen LogP contribution in [0.3, 0.4) is 0 Å². The molecular formula is C15H15N3O4. The molecule has 0 fully saturated rings. The minimum absolute atomic E-state index is 0.0922. The van der Waals surface area contributed by atoms with Crippen LogP contribution in [0.4, 0.5) is 5.69 Å². The van der Waals surface area contributed by atoms with Crippen molar-refractivity contribution in [3.05, 3.63) is 53.9 Å². The number of amides is 1. The fourth-order valence-corrected chi connectivity index (χ4v) is 1.75. The van der Waals surface area contributed by atoms with Gasteiger partial charge in [0.25, 0.3) is 5.91 Å². The molecule has 1 amide bonds. The van der Waals surface area contributed by atoms with Crippen LogP contribution in [-0.4, -0.2) is 28.6 Å². The highest BCUT2D eigenvalue weighted by Crippen LogP contribution is 2.28. The second kappa shape index (κ2) is 7.19. The third-order valence-corrected chi connectivity index (χ3v) is 2.82. The molecule has 1 aromatic carbocycles. The number of rotatable bonds is 2. The van der Waals surface area contributed by atoms with Crippen molar-refractivity contribution in [1.82, 2.24) is 4.98 Å². The van der Waals surface area contributed by atoms with Gasteiger partial charge < -0.3 is 20.9 Å². The van der Waals surface area contributed by atoms with Crippen LogP contribution in [0.15, 0.2) is 42.7 Å². The van der Waals surface area contributed by atoms with E-state index in [4.69, 9.17) is 15.6 Å². The van der Waals surface area contributed by atoms with Crippen molar-refractivity contribution in [2.45, 2.75) is 6.54 Å². The molecule has 1 aliphatic heterocycles. The summed E-state index contributed by atoms with van der Waals surface area (Å²) in [6.45, 7) is 0.554. The zero-order valence-electron chi connectivity index (χ0n) is 11.7. The van der Waals surface area contributed by atoms with Crippen molar-refractivity contribution in [2.24, 2.45) is 5.73 Å². The predicted molar refractivity (Wildman–Crippen MR) is 79.7 cm³/mol. The summed E-state index contributed by atoms with van der Waals surface area (Å²) in [6.07, 6.45) is 2.84. The Labute approximate surface area is 126 Å². The van der Waals surface area contributed by atoms with Crippen molar-refractivity contribution in [3.63, 3.8) is 0 Å². The minimum Gasteiger partial charge on any atom is -0.482 e. The van der Waals surface area contributed by atoms with E-state index >= 15 is 0 Å². The molecule has 4 N–H and O–H groups in total. The van der Waals surface area contributed by atoms with Gasteiger partial charge in [0.05, 0.1) is 11.3 Å². The molecule has 0 radical (unpaired) electrons.